The number of nitrogens with one attached hydrogen (secondary N) is 1. The molecule has 1 aromatic carbocycles. The van der Waals surface area contributed by atoms with Crippen LogP contribution in [0, 0.1) is 9.49 Å². The average molecular weight is 405 g/mol. The van der Waals surface area contributed by atoms with Gasteiger partial charge in [-0.2, -0.15) is 0 Å². The predicted octanol–water partition coefficient (Wildman–Crippen LogP) is 2.58. The maximum atomic E-state index is 12.7. The largest absolute Gasteiger partial charge is 0.344 e. The maximum Gasteiger partial charge on any atom is 0.249 e. The Bertz CT molecular complexity index is 574. The van der Waals surface area contributed by atoms with Gasteiger partial charge in [-0.25, -0.2) is 0 Å². The standard InChI is InChI=1S/C14H14ClIN2O2/c15-10-7-9(16)3-4-11(10)18-6-5-12(19)17-13(14(18)20)8-1-2-8/h3-4,7-8,13H,1-2,5-6H2,(H,17,19). The molecule has 0 bridgehead atoms. The summed E-state index contributed by atoms with van der Waals surface area (Å²) in [6.07, 6.45) is 2.33. The van der Waals surface area contributed by atoms with E-state index in [1.54, 1.807) is 4.90 Å². The summed E-state index contributed by atoms with van der Waals surface area (Å²) in [6, 6.07) is 5.21. The third kappa shape index (κ3) is 2.79. The van der Waals surface area contributed by atoms with E-state index in [1.807, 2.05) is 18.2 Å². The molecular weight excluding hydrogens is 391 g/mol. The van der Waals surface area contributed by atoms with Gasteiger partial charge in [-0.3, -0.25) is 9.59 Å². The van der Waals surface area contributed by atoms with Gasteiger partial charge < -0.3 is 10.2 Å². The van der Waals surface area contributed by atoms with Crippen LogP contribution in [-0.2, 0) is 9.59 Å². The van der Waals surface area contributed by atoms with Crippen molar-refractivity contribution in [3.63, 3.8) is 0 Å². The highest BCUT2D eigenvalue weighted by atomic mass is 127. The van der Waals surface area contributed by atoms with Crippen LogP contribution in [0.5, 0.6) is 0 Å². The van der Waals surface area contributed by atoms with Crippen molar-refractivity contribution in [1.29, 1.82) is 0 Å². The molecule has 1 heterocycles. The first-order valence-corrected chi connectivity index (χ1v) is 8.08. The smallest absolute Gasteiger partial charge is 0.249 e. The lowest BCUT2D eigenvalue weighted by Gasteiger charge is -2.25. The normalized spacial score (nSPS) is 23.5. The zero-order chi connectivity index (χ0) is 14.3. The maximum absolute atomic E-state index is 12.7. The number of anilines is 1. The minimum atomic E-state index is -0.389. The van der Waals surface area contributed by atoms with Crippen molar-refractivity contribution < 1.29 is 9.59 Å². The molecule has 1 aromatic rings. The number of hydrogen-bond acceptors (Lipinski definition) is 2. The molecule has 1 unspecified atom stereocenters. The van der Waals surface area contributed by atoms with E-state index in [0.717, 1.165) is 16.4 Å². The summed E-state index contributed by atoms with van der Waals surface area (Å²) in [7, 11) is 0. The van der Waals surface area contributed by atoms with Crippen molar-refractivity contribution in [1.82, 2.24) is 5.32 Å². The first kappa shape index (κ1) is 14.1. The lowest BCUT2D eigenvalue weighted by molar-refractivity contribution is -0.126. The number of carbonyl (C=O) groups excluding carboxylic acids is 2. The zero-order valence-electron chi connectivity index (χ0n) is 10.7. The van der Waals surface area contributed by atoms with E-state index in [4.69, 9.17) is 11.6 Å². The lowest BCUT2D eigenvalue weighted by Crippen LogP contribution is -2.46. The molecule has 0 spiro atoms. The van der Waals surface area contributed by atoms with Gasteiger partial charge in [-0.15, -0.1) is 0 Å². The highest BCUT2D eigenvalue weighted by Crippen LogP contribution is 2.36. The second-order valence-corrected chi connectivity index (χ2v) is 6.87. The van der Waals surface area contributed by atoms with Crippen LogP contribution in [0.2, 0.25) is 5.02 Å². The van der Waals surface area contributed by atoms with Crippen LogP contribution in [0.25, 0.3) is 0 Å². The molecule has 106 valence electrons. The van der Waals surface area contributed by atoms with Gasteiger partial charge in [0.15, 0.2) is 0 Å². The molecule has 4 nitrogen and oxygen atoms in total. The van der Waals surface area contributed by atoms with E-state index in [-0.39, 0.29) is 23.8 Å². The first-order chi connectivity index (χ1) is 9.56. The molecule has 2 fully saturated rings. The van der Waals surface area contributed by atoms with E-state index in [9.17, 15) is 9.59 Å². The molecule has 1 atom stereocenters. The fraction of sp³-hybridized carbons (Fsp3) is 0.429. The van der Waals surface area contributed by atoms with E-state index in [1.165, 1.54) is 0 Å². The Morgan fingerprint density at radius 3 is 2.70 bits per heavy atom. The quantitative estimate of drug-likeness (QED) is 0.770. The van der Waals surface area contributed by atoms with Gasteiger partial charge >= 0.3 is 0 Å². The monoisotopic (exact) mass is 404 g/mol. The fourth-order valence-corrected chi connectivity index (χ4v) is 3.45. The van der Waals surface area contributed by atoms with Gasteiger partial charge in [-0.1, -0.05) is 11.6 Å². The number of hydrogen-bond donors (Lipinski definition) is 1. The van der Waals surface area contributed by atoms with E-state index < -0.39 is 0 Å². The molecule has 1 aliphatic heterocycles. The number of carbonyl (C=O) groups is 2. The molecule has 1 saturated heterocycles. The molecule has 2 aliphatic rings. The minimum absolute atomic E-state index is 0.0403. The number of nitrogens with zero attached hydrogens (tertiary/aromatic N) is 1. The molecule has 0 radical (unpaired) electrons. The molecule has 1 aliphatic carbocycles. The number of benzene rings is 1. The van der Waals surface area contributed by atoms with Crippen molar-refractivity contribution in [2.75, 3.05) is 11.4 Å². The van der Waals surface area contributed by atoms with Crippen LogP contribution in [0.15, 0.2) is 18.2 Å². The van der Waals surface area contributed by atoms with Crippen LogP contribution in [0.1, 0.15) is 19.3 Å². The van der Waals surface area contributed by atoms with Crippen LogP contribution < -0.4 is 10.2 Å². The van der Waals surface area contributed by atoms with Crippen molar-refractivity contribution in [2.45, 2.75) is 25.3 Å². The van der Waals surface area contributed by atoms with Crippen molar-refractivity contribution in [3.8, 4) is 0 Å². The van der Waals surface area contributed by atoms with Gasteiger partial charge in [0.25, 0.3) is 0 Å². The molecule has 2 amide bonds. The molecule has 0 aromatic heterocycles. The SMILES string of the molecule is O=C1CCN(c2ccc(I)cc2Cl)C(=O)C(C2CC2)N1. The molecule has 1 saturated carbocycles. The lowest BCUT2D eigenvalue weighted by atomic mass is 10.1. The van der Waals surface area contributed by atoms with E-state index >= 15 is 0 Å². The van der Waals surface area contributed by atoms with E-state index in [2.05, 4.69) is 27.9 Å². The highest BCUT2D eigenvalue weighted by Gasteiger charge is 2.41. The van der Waals surface area contributed by atoms with Crippen LogP contribution >= 0.6 is 34.2 Å². The summed E-state index contributed by atoms with van der Waals surface area (Å²) in [5.74, 6) is 0.190. The van der Waals surface area contributed by atoms with Gasteiger partial charge in [0.05, 0.1) is 10.7 Å². The molecule has 3 rings (SSSR count). The second kappa shape index (κ2) is 5.52. The Morgan fingerprint density at radius 1 is 1.30 bits per heavy atom. The summed E-state index contributed by atoms with van der Waals surface area (Å²) in [5, 5.41) is 3.40. The molecule has 20 heavy (non-hydrogen) atoms. The van der Waals surface area contributed by atoms with E-state index in [0.29, 0.717) is 23.7 Å². The minimum Gasteiger partial charge on any atom is -0.344 e. The van der Waals surface area contributed by atoms with Gasteiger partial charge in [0, 0.05) is 16.5 Å². The summed E-state index contributed by atoms with van der Waals surface area (Å²) in [5.41, 5.74) is 0.694. The highest BCUT2D eigenvalue weighted by molar-refractivity contribution is 14.1. The first-order valence-electron chi connectivity index (χ1n) is 6.62. The summed E-state index contributed by atoms with van der Waals surface area (Å²) < 4.78 is 1.02. The summed E-state index contributed by atoms with van der Waals surface area (Å²) in [6.45, 7) is 0.383. The number of halogens is 2. The number of rotatable bonds is 2. The van der Waals surface area contributed by atoms with Crippen LogP contribution in [-0.4, -0.2) is 24.4 Å². The molecular formula is C14H14ClIN2O2. The van der Waals surface area contributed by atoms with Gasteiger partial charge in [0.2, 0.25) is 11.8 Å². The Morgan fingerprint density at radius 2 is 2.05 bits per heavy atom. The van der Waals surface area contributed by atoms with Gasteiger partial charge in [0.1, 0.15) is 6.04 Å². The second-order valence-electron chi connectivity index (χ2n) is 5.22. The average Bonchev–Trinajstić information content (AvgIpc) is 3.21. The Kier molecular flexibility index (Phi) is 3.90. The fourth-order valence-electron chi connectivity index (χ4n) is 2.49. The van der Waals surface area contributed by atoms with Gasteiger partial charge in [-0.05, 0) is 59.5 Å². The molecule has 6 heteroatoms. The Balaban J connectivity index is 1.93. The van der Waals surface area contributed by atoms with Crippen molar-refractivity contribution in [3.05, 3.63) is 26.8 Å². The Hall–Kier alpha value is -0.820. The van der Waals surface area contributed by atoms with Crippen molar-refractivity contribution >= 4 is 51.7 Å². The predicted molar refractivity (Wildman–Crippen MR) is 85.8 cm³/mol. The van der Waals surface area contributed by atoms with Crippen LogP contribution in [0.4, 0.5) is 5.69 Å². The summed E-state index contributed by atoms with van der Waals surface area (Å²) >= 11 is 8.44. The third-order valence-corrected chi connectivity index (χ3v) is 4.68. The molecule has 1 N–H and O–H groups in total. The Labute approximate surface area is 136 Å². The van der Waals surface area contributed by atoms with Crippen molar-refractivity contribution in [2.24, 2.45) is 5.92 Å². The topological polar surface area (TPSA) is 49.4 Å². The van der Waals surface area contributed by atoms with Crippen LogP contribution in [0.3, 0.4) is 0 Å². The summed E-state index contributed by atoms with van der Waals surface area (Å²) in [4.78, 5) is 26.1. The third-order valence-electron chi connectivity index (χ3n) is 3.70. The zero-order valence-corrected chi connectivity index (χ0v) is 13.6. The number of amides is 2.